The number of amides is 2. The van der Waals surface area contributed by atoms with Gasteiger partial charge in [0.2, 0.25) is 21.8 Å². The summed E-state index contributed by atoms with van der Waals surface area (Å²) in [5.74, 6) is -3.75. The highest BCUT2D eigenvalue weighted by atomic mass is 32.2. The molecule has 0 bridgehead atoms. The van der Waals surface area contributed by atoms with Gasteiger partial charge in [0.05, 0.1) is 18.0 Å². The van der Waals surface area contributed by atoms with Gasteiger partial charge >= 0.3 is 12.1 Å². The molecule has 2 rings (SSSR count). The van der Waals surface area contributed by atoms with Crippen LogP contribution < -0.4 is 11.5 Å². The molecule has 0 radical (unpaired) electrons. The van der Waals surface area contributed by atoms with Gasteiger partial charge in [-0.05, 0) is 38.3 Å². The van der Waals surface area contributed by atoms with E-state index in [1.54, 1.807) is 45.0 Å². The second-order valence-corrected chi connectivity index (χ2v) is 9.79. The highest BCUT2D eigenvalue weighted by Gasteiger charge is 2.49. The smallest absolute Gasteiger partial charge is 0.475 e. The van der Waals surface area contributed by atoms with Crippen LogP contribution in [-0.4, -0.2) is 53.4 Å². The van der Waals surface area contributed by atoms with Crippen LogP contribution >= 0.6 is 0 Å². The molecule has 1 heterocycles. The van der Waals surface area contributed by atoms with E-state index in [1.165, 1.54) is 0 Å². The Hall–Kier alpha value is -2.67. The molecule has 1 aromatic rings. The van der Waals surface area contributed by atoms with E-state index in [4.69, 9.17) is 21.4 Å². The van der Waals surface area contributed by atoms with Crippen LogP contribution in [0.25, 0.3) is 0 Å². The number of halogens is 3. The molecule has 13 heteroatoms. The van der Waals surface area contributed by atoms with Gasteiger partial charge in [-0.1, -0.05) is 24.3 Å². The number of hydrogen-bond donors (Lipinski definition) is 3. The fourth-order valence-electron chi connectivity index (χ4n) is 2.88. The van der Waals surface area contributed by atoms with Crippen LogP contribution in [0, 0.1) is 0 Å². The summed E-state index contributed by atoms with van der Waals surface area (Å²) in [6.07, 6.45) is -4.88. The van der Waals surface area contributed by atoms with E-state index in [9.17, 15) is 31.2 Å². The fourth-order valence-corrected chi connectivity index (χ4v) is 5.12. The number of primary amides is 1. The zero-order chi connectivity index (χ0) is 24.4. The molecule has 0 aromatic heterocycles. The first kappa shape index (κ1) is 26.4. The molecule has 2 amide bonds. The van der Waals surface area contributed by atoms with Crippen molar-refractivity contribution in [3.63, 3.8) is 0 Å². The molecule has 174 valence electrons. The minimum atomic E-state index is -5.08. The third-order valence-corrected chi connectivity index (χ3v) is 6.64. The molecule has 1 unspecified atom stereocenters. The molecule has 1 fully saturated rings. The number of sulfonamides is 1. The number of carbonyl (C=O) groups is 3. The van der Waals surface area contributed by atoms with E-state index in [-0.39, 0.29) is 12.8 Å². The number of nitrogens with zero attached hydrogens (tertiary/aromatic N) is 1. The predicted molar refractivity (Wildman–Crippen MR) is 104 cm³/mol. The first-order chi connectivity index (χ1) is 13.9. The topological polar surface area (TPSA) is 161 Å². The van der Waals surface area contributed by atoms with Crippen molar-refractivity contribution in [2.75, 3.05) is 0 Å². The maximum absolute atomic E-state index is 12.7. The average molecular weight is 467 g/mol. The summed E-state index contributed by atoms with van der Waals surface area (Å²) in [6, 6.07) is 5.94. The highest BCUT2D eigenvalue weighted by molar-refractivity contribution is 7.90. The summed E-state index contributed by atoms with van der Waals surface area (Å²) in [5.41, 5.74) is 11.3. The van der Waals surface area contributed by atoms with Gasteiger partial charge in [0, 0.05) is 0 Å². The summed E-state index contributed by atoms with van der Waals surface area (Å²) < 4.78 is 58.2. The summed E-state index contributed by atoms with van der Waals surface area (Å²) in [4.78, 5) is 32.1. The molecule has 0 saturated carbocycles. The van der Waals surface area contributed by atoms with Crippen LogP contribution in [0.2, 0.25) is 0 Å². The van der Waals surface area contributed by atoms with Gasteiger partial charge in [-0.2, -0.15) is 13.2 Å². The number of carboxylic acid groups (broad SMARTS) is 1. The minimum Gasteiger partial charge on any atom is -0.475 e. The quantitative estimate of drug-likeness (QED) is 0.597. The van der Waals surface area contributed by atoms with Crippen molar-refractivity contribution in [1.29, 1.82) is 0 Å². The molecule has 5 N–H and O–H groups in total. The molecule has 0 aliphatic carbocycles. The number of nitrogens with two attached hydrogens (primary N) is 2. The Balaban J connectivity index is 0.000000592. The van der Waals surface area contributed by atoms with Crippen molar-refractivity contribution in [2.45, 2.75) is 56.6 Å². The molecule has 1 aromatic carbocycles. The first-order valence-corrected chi connectivity index (χ1v) is 10.4. The zero-order valence-electron chi connectivity index (χ0n) is 17.0. The Morgan fingerprint density at radius 1 is 1.19 bits per heavy atom. The predicted octanol–water partition coefficient (Wildman–Crippen LogP) is 1.08. The number of aliphatic carboxylic acids is 1. The lowest BCUT2D eigenvalue weighted by Crippen LogP contribution is -2.45. The van der Waals surface area contributed by atoms with Gasteiger partial charge in [-0.3, -0.25) is 9.59 Å². The maximum atomic E-state index is 12.7. The lowest BCUT2D eigenvalue weighted by Gasteiger charge is -2.30. The van der Waals surface area contributed by atoms with Crippen molar-refractivity contribution in [2.24, 2.45) is 11.5 Å². The SMILES string of the molecule is CC(C)(C)N1C(=O)CC(c2ccc(C[C@H](N)C(N)=O)cc2)S1(=O)=O.O=C(O)C(F)(F)F. The number of carbonyl (C=O) groups excluding carboxylic acids is 2. The van der Waals surface area contributed by atoms with Gasteiger partial charge in [0.25, 0.3) is 0 Å². The lowest BCUT2D eigenvalue weighted by atomic mass is 10.0. The van der Waals surface area contributed by atoms with Gasteiger partial charge < -0.3 is 16.6 Å². The van der Waals surface area contributed by atoms with E-state index in [0.29, 0.717) is 5.56 Å². The largest absolute Gasteiger partial charge is 0.490 e. The summed E-state index contributed by atoms with van der Waals surface area (Å²) in [5, 5.41) is 6.24. The summed E-state index contributed by atoms with van der Waals surface area (Å²) >= 11 is 0. The average Bonchev–Trinajstić information content (AvgIpc) is 2.83. The molecule has 31 heavy (non-hydrogen) atoms. The van der Waals surface area contributed by atoms with Crippen LogP contribution in [0.1, 0.15) is 43.6 Å². The Morgan fingerprint density at radius 2 is 1.65 bits per heavy atom. The Labute approximate surface area is 177 Å². The minimum absolute atomic E-state index is 0.0697. The van der Waals surface area contributed by atoms with Crippen LogP contribution in [0.15, 0.2) is 24.3 Å². The Kier molecular flexibility index (Phi) is 7.84. The van der Waals surface area contributed by atoms with Gasteiger partial charge in [0.15, 0.2) is 0 Å². The normalized spacial score (nSPS) is 19.4. The number of alkyl halides is 3. The number of hydrogen-bond acceptors (Lipinski definition) is 6. The molecule has 0 spiro atoms. The van der Waals surface area contributed by atoms with E-state index < -0.39 is 50.8 Å². The van der Waals surface area contributed by atoms with Crippen LogP contribution in [0.5, 0.6) is 0 Å². The third kappa shape index (κ3) is 6.66. The third-order valence-electron chi connectivity index (χ3n) is 4.22. The Morgan fingerprint density at radius 3 is 1.97 bits per heavy atom. The number of benzene rings is 1. The van der Waals surface area contributed by atoms with Crippen molar-refractivity contribution >= 4 is 27.8 Å². The van der Waals surface area contributed by atoms with Crippen LogP contribution in [-0.2, 0) is 30.8 Å². The second kappa shape index (κ2) is 9.22. The zero-order valence-corrected chi connectivity index (χ0v) is 17.8. The number of carboxylic acids is 1. The van der Waals surface area contributed by atoms with E-state index in [0.717, 1.165) is 9.87 Å². The highest BCUT2D eigenvalue weighted by Crippen LogP contribution is 2.40. The molecule has 2 atom stereocenters. The van der Waals surface area contributed by atoms with E-state index >= 15 is 0 Å². The monoisotopic (exact) mass is 467 g/mol. The maximum Gasteiger partial charge on any atom is 0.490 e. The van der Waals surface area contributed by atoms with Gasteiger partial charge in [-0.15, -0.1) is 0 Å². The lowest BCUT2D eigenvalue weighted by molar-refractivity contribution is -0.192. The van der Waals surface area contributed by atoms with E-state index in [2.05, 4.69) is 0 Å². The van der Waals surface area contributed by atoms with Crippen molar-refractivity contribution in [3.05, 3.63) is 35.4 Å². The van der Waals surface area contributed by atoms with Crippen molar-refractivity contribution < 1.29 is 41.1 Å². The summed E-state index contributed by atoms with van der Waals surface area (Å²) in [7, 11) is -3.75. The molecular weight excluding hydrogens is 443 g/mol. The first-order valence-electron chi connectivity index (χ1n) is 8.90. The molecule has 1 aliphatic rings. The Bertz CT molecular complexity index is 940. The van der Waals surface area contributed by atoms with Gasteiger partial charge in [0.1, 0.15) is 5.25 Å². The number of rotatable bonds is 4. The molecule has 1 saturated heterocycles. The van der Waals surface area contributed by atoms with Crippen LogP contribution in [0.3, 0.4) is 0 Å². The molecule has 1 aliphatic heterocycles. The standard InChI is InChI=1S/C16H23N3O4S.C2HF3O2/c1-16(2,3)19-14(20)9-13(24(19,22)23)11-6-4-10(5-7-11)8-12(17)15(18)21;3-2(4,5)1(6)7/h4-7,12-13H,8-9,17H2,1-3H3,(H2,18,21);(H,6,7)/t12-,13?;/m0./s1. The van der Waals surface area contributed by atoms with E-state index in [1.807, 2.05) is 0 Å². The fraction of sp³-hybridized carbons (Fsp3) is 0.500. The summed E-state index contributed by atoms with van der Waals surface area (Å²) in [6.45, 7) is 5.08. The van der Waals surface area contributed by atoms with Crippen LogP contribution in [0.4, 0.5) is 13.2 Å². The molecule has 9 nitrogen and oxygen atoms in total. The second-order valence-electron chi connectivity index (χ2n) is 7.82. The molecular formula is C18H24F3N3O6S. The van der Waals surface area contributed by atoms with Gasteiger partial charge in [-0.25, -0.2) is 17.5 Å². The van der Waals surface area contributed by atoms with Crippen molar-refractivity contribution in [3.8, 4) is 0 Å². The van der Waals surface area contributed by atoms with Crippen molar-refractivity contribution in [1.82, 2.24) is 4.31 Å².